The summed E-state index contributed by atoms with van der Waals surface area (Å²) in [7, 11) is 0. The minimum atomic E-state index is -0.966. The topological polar surface area (TPSA) is 202 Å². The van der Waals surface area contributed by atoms with Gasteiger partial charge < -0.3 is 40.3 Å². The van der Waals surface area contributed by atoms with Gasteiger partial charge in [-0.25, -0.2) is 9.97 Å². The van der Waals surface area contributed by atoms with E-state index in [0.717, 1.165) is 40.6 Å². The molecule has 4 atom stereocenters. The molecular weight excluding hydrogens is 930 g/mol. The zero-order chi connectivity index (χ0) is 50.7. The number of hydrogen-bond donors (Lipinski definition) is 4. The highest BCUT2D eigenvalue weighted by Gasteiger charge is 2.64. The van der Waals surface area contributed by atoms with E-state index in [4.69, 9.17) is 21.1 Å². The van der Waals surface area contributed by atoms with E-state index in [1.807, 2.05) is 70.5 Å². The number of carbonyl (C=O) groups excluding carboxylic acids is 4. The number of aliphatic hydroxyl groups is 1. The average Bonchev–Trinajstić information content (AvgIpc) is 3.95. The Balaban J connectivity index is 0.831. The summed E-state index contributed by atoms with van der Waals surface area (Å²) in [6.45, 7) is 21.2. The lowest BCUT2D eigenvalue weighted by Crippen LogP contribution is -2.74. The third-order valence-corrected chi connectivity index (χ3v) is 15.3. The number of β-amino-alcohol motifs (C(OH)–C–C–N with tert-alkyl or cyclic N) is 1. The van der Waals surface area contributed by atoms with Gasteiger partial charge in [0.05, 0.1) is 51.0 Å². The van der Waals surface area contributed by atoms with E-state index >= 15 is 0 Å². The standard InChI is InChI=1S/C52H66ClN9O7S/c1-31(33-10-12-34(13-11-33)43-32(2)56-30-70-43)57-46(66)40-24-37(63)28-62(40)47(67)44(50(3,4)5)58-42(64)29-68-23-22-60-18-20-61(21-19-60)41-17-15-36(27-55-41)45(65)59-48-51(6,7)49(52(48,8)9)69-38-16-14-35(26-54)39(53)25-38/h10-17,25,27,30-31,37,40,44,48-49,63H,18-24,28-29H2,1-9H3,(H,57,66)(H,58,64)(H,59,65)/t31-,37?,40-,44+,48-,49-/m0/s1. The fourth-order valence-electron chi connectivity index (χ4n) is 10.3. The fraction of sp³-hybridized carbons (Fsp3) is 0.519. The molecule has 2 aromatic heterocycles. The minimum absolute atomic E-state index is 0.0190. The normalized spacial score (nSPS) is 21.7. The molecule has 2 aliphatic heterocycles. The molecule has 1 saturated carbocycles. The Kier molecular flexibility index (Phi) is 15.9. The summed E-state index contributed by atoms with van der Waals surface area (Å²) >= 11 is 7.83. The molecule has 70 heavy (non-hydrogen) atoms. The SMILES string of the molecule is Cc1ncsc1-c1ccc([C@H](C)NC(=O)[C@@H]2CC(O)CN2C(=O)[C@@H](NC(=O)COCCN2CCN(c3ccc(C(=O)N[C@H]4C(C)(C)[C@H](Oc5ccc(C#N)c(Cl)c5)C4(C)C)cn3)CC2)C(C)(C)C)cc1. The summed E-state index contributed by atoms with van der Waals surface area (Å²) < 4.78 is 12.2. The van der Waals surface area contributed by atoms with Gasteiger partial charge in [0.2, 0.25) is 17.7 Å². The number of benzene rings is 2. The van der Waals surface area contributed by atoms with Gasteiger partial charge >= 0.3 is 0 Å². The molecule has 4 aromatic rings. The second-order valence-electron chi connectivity index (χ2n) is 21.0. The lowest BCUT2D eigenvalue weighted by atomic mass is 9.49. The molecule has 4 N–H and O–H groups in total. The smallest absolute Gasteiger partial charge is 0.253 e. The number of nitrogens with zero attached hydrogens (tertiary/aromatic N) is 6. The Morgan fingerprint density at radius 2 is 1.69 bits per heavy atom. The molecule has 16 nitrogen and oxygen atoms in total. The van der Waals surface area contributed by atoms with Crippen molar-refractivity contribution in [2.45, 2.75) is 105 Å². The van der Waals surface area contributed by atoms with Crippen LogP contribution in [0.15, 0.2) is 66.3 Å². The first kappa shape index (κ1) is 52.2. The summed E-state index contributed by atoms with van der Waals surface area (Å²) in [6, 6.07) is 16.3. The van der Waals surface area contributed by atoms with E-state index in [1.165, 1.54) is 4.90 Å². The highest BCUT2D eigenvalue weighted by atomic mass is 35.5. The maximum atomic E-state index is 14.1. The first-order chi connectivity index (χ1) is 33.1. The van der Waals surface area contributed by atoms with Gasteiger partial charge in [0.1, 0.15) is 42.4 Å². The van der Waals surface area contributed by atoms with Gasteiger partial charge in [-0.3, -0.25) is 24.1 Å². The van der Waals surface area contributed by atoms with Crippen molar-refractivity contribution in [3.05, 3.63) is 93.7 Å². The molecule has 2 saturated heterocycles. The van der Waals surface area contributed by atoms with Crippen molar-refractivity contribution < 1.29 is 33.8 Å². The molecule has 3 fully saturated rings. The van der Waals surface area contributed by atoms with E-state index in [9.17, 15) is 29.5 Å². The van der Waals surface area contributed by atoms with Crippen LogP contribution >= 0.6 is 22.9 Å². The number of aliphatic hydroxyl groups excluding tert-OH is 1. The van der Waals surface area contributed by atoms with Crippen LogP contribution in [0.1, 0.15) is 95.0 Å². The van der Waals surface area contributed by atoms with E-state index in [1.54, 1.807) is 41.8 Å². The van der Waals surface area contributed by atoms with E-state index in [-0.39, 0.29) is 49.6 Å². The van der Waals surface area contributed by atoms with Gasteiger partial charge in [-0.15, -0.1) is 11.3 Å². The number of hydrogen-bond acceptors (Lipinski definition) is 13. The lowest BCUT2D eigenvalue weighted by Gasteiger charge is -2.63. The number of pyridine rings is 1. The number of aromatic nitrogens is 2. The number of nitrogens with one attached hydrogen (secondary N) is 3. The molecule has 4 heterocycles. The number of nitriles is 1. The van der Waals surface area contributed by atoms with Crippen LogP contribution in [-0.2, 0) is 19.1 Å². The summed E-state index contributed by atoms with van der Waals surface area (Å²) in [6.07, 6.45) is 0.599. The van der Waals surface area contributed by atoms with Crippen molar-refractivity contribution in [3.63, 3.8) is 0 Å². The van der Waals surface area contributed by atoms with Gasteiger partial charge in [0.15, 0.2) is 0 Å². The van der Waals surface area contributed by atoms with Crippen LogP contribution in [0.25, 0.3) is 10.4 Å². The number of amides is 4. The van der Waals surface area contributed by atoms with Crippen molar-refractivity contribution in [1.82, 2.24) is 35.7 Å². The van der Waals surface area contributed by atoms with Crippen LogP contribution in [0, 0.1) is 34.5 Å². The molecule has 18 heteroatoms. The average molecular weight is 997 g/mol. The predicted molar refractivity (Wildman–Crippen MR) is 269 cm³/mol. The summed E-state index contributed by atoms with van der Waals surface area (Å²) in [5.41, 5.74) is 4.06. The molecule has 1 unspecified atom stereocenters. The van der Waals surface area contributed by atoms with E-state index < -0.39 is 46.2 Å². The Morgan fingerprint density at radius 3 is 2.29 bits per heavy atom. The van der Waals surface area contributed by atoms with Crippen LogP contribution in [0.5, 0.6) is 5.75 Å². The first-order valence-electron chi connectivity index (χ1n) is 23.9. The largest absolute Gasteiger partial charge is 0.489 e. The van der Waals surface area contributed by atoms with E-state index in [2.05, 4.69) is 69.5 Å². The number of halogens is 1. The monoisotopic (exact) mass is 995 g/mol. The Morgan fingerprint density at radius 1 is 0.986 bits per heavy atom. The van der Waals surface area contributed by atoms with Crippen molar-refractivity contribution in [2.75, 3.05) is 57.4 Å². The zero-order valence-electron chi connectivity index (χ0n) is 41.5. The predicted octanol–water partition coefficient (Wildman–Crippen LogP) is 6.16. The molecule has 3 aliphatic rings. The number of ether oxygens (including phenoxy) is 2. The molecule has 7 rings (SSSR count). The Labute approximate surface area is 420 Å². The number of rotatable bonds is 16. The molecule has 0 bridgehead atoms. The molecule has 374 valence electrons. The number of anilines is 1. The fourth-order valence-corrected chi connectivity index (χ4v) is 11.3. The molecule has 0 radical (unpaired) electrons. The lowest BCUT2D eigenvalue weighted by molar-refractivity contribution is -0.164. The number of aryl methyl sites for hydroxylation is 1. The van der Waals surface area contributed by atoms with Gasteiger partial charge in [0.25, 0.3) is 5.91 Å². The summed E-state index contributed by atoms with van der Waals surface area (Å²) in [5, 5.41) is 29.4. The number of thiazole rings is 1. The van der Waals surface area contributed by atoms with Crippen LogP contribution in [0.2, 0.25) is 5.02 Å². The maximum absolute atomic E-state index is 14.1. The quantitative estimate of drug-likeness (QED) is 0.0934. The van der Waals surface area contributed by atoms with Crippen molar-refractivity contribution in [3.8, 4) is 22.3 Å². The molecular formula is C52H66ClN9O7S. The van der Waals surface area contributed by atoms with Crippen LogP contribution in [-0.4, -0.2) is 131 Å². The minimum Gasteiger partial charge on any atom is -0.489 e. The Bertz CT molecular complexity index is 2550. The molecule has 1 aliphatic carbocycles. The Hall–Kier alpha value is -5.64. The summed E-state index contributed by atoms with van der Waals surface area (Å²) in [4.78, 5) is 70.4. The molecule has 2 aromatic carbocycles. The van der Waals surface area contributed by atoms with Gasteiger partial charge in [-0.1, -0.05) is 84.3 Å². The molecule has 4 amide bonds. The van der Waals surface area contributed by atoms with Crippen molar-refractivity contribution in [2.24, 2.45) is 16.2 Å². The van der Waals surface area contributed by atoms with Gasteiger partial charge in [0, 0.05) is 74.8 Å². The van der Waals surface area contributed by atoms with Crippen LogP contribution in [0.4, 0.5) is 5.82 Å². The highest BCUT2D eigenvalue weighted by Crippen LogP contribution is 2.55. The third kappa shape index (κ3) is 11.6. The zero-order valence-corrected chi connectivity index (χ0v) is 43.1. The van der Waals surface area contributed by atoms with Crippen molar-refractivity contribution in [1.29, 1.82) is 5.26 Å². The number of likely N-dealkylation sites (tertiary alicyclic amines) is 1. The highest BCUT2D eigenvalue weighted by molar-refractivity contribution is 7.13. The van der Waals surface area contributed by atoms with Crippen LogP contribution in [0.3, 0.4) is 0 Å². The maximum Gasteiger partial charge on any atom is 0.253 e. The third-order valence-electron chi connectivity index (χ3n) is 14.0. The van der Waals surface area contributed by atoms with Gasteiger partial charge in [-0.2, -0.15) is 5.26 Å². The number of piperazine rings is 1. The van der Waals surface area contributed by atoms with Crippen molar-refractivity contribution >= 4 is 52.4 Å². The second kappa shape index (κ2) is 21.4. The van der Waals surface area contributed by atoms with Crippen LogP contribution < -0.4 is 25.6 Å². The summed E-state index contributed by atoms with van der Waals surface area (Å²) in [5.74, 6) is -0.115. The van der Waals surface area contributed by atoms with Gasteiger partial charge in [-0.05, 0) is 54.7 Å². The number of carbonyl (C=O) groups is 4. The second-order valence-corrected chi connectivity index (χ2v) is 22.2. The molecule has 0 spiro atoms. The van der Waals surface area contributed by atoms with E-state index in [0.29, 0.717) is 48.1 Å². The first-order valence-corrected chi connectivity index (χ1v) is 25.1.